The van der Waals surface area contributed by atoms with Gasteiger partial charge < -0.3 is 9.84 Å². The molecule has 0 spiro atoms. The normalized spacial score (nSPS) is 15.3. The number of esters is 1. The number of carbonyl (C=O) groups is 1. The minimum atomic E-state index is -0.816. The highest BCUT2D eigenvalue weighted by atomic mass is 79.9. The standard InChI is InChI=1S/C27H20BrN3O6S/c1-3-37-26(34)22-14(2)29-27-30(23(22)19-10-6-8-15-7-4-5-9-18(15)19)25(33)21(38-27)12-16-11-17(28)13-20(24(16)32)31(35)36/h4-13,23,32H,3H2,1-2H3. The Morgan fingerprint density at radius 3 is 2.74 bits per heavy atom. The largest absolute Gasteiger partial charge is 0.502 e. The van der Waals surface area contributed by atoms with Crippen LogP contribution in [0.2, 0.25) is 0 Å². The molecule has 9 nitrogen and oxygen atoms in total. The fraction of sp³-hybridized carbons (Fsp3) is 0.148. The molecule has 1 aliphatic rings. The molecule has 0 saturated carbocycles. The number of halogens is 1. The van der Waals surface area contributed by atoms with Crippen molar-refractivity contribution in [1.82, 2.24) is 4.57 Å². The van der Waals surface area contributed by atoms with E-state index in [4.69, 9.17) is 4.74 Å². The molecule has 1 atom stereocenters. The number of benzene rings is 3. The Bertz CT molecular complexity index is 1850. The number of hydrogen-bond acceptors (Lipinski definition) is 8. The van der Waals surface area contributed by atoms with Crippen LogP contribution < -0.4 is 14.9 Å². The molecule has 11 heteroatoms. The number of allylic oxidation sites excluding steroid dienone is 1. The first-order valence-electron chi connectivity index (χ1n) is 11.6. The third-order valence-electron chi connectivity index (χ3n) is 6.20. The predicted molar refractivity (Wildman–Crippen MR) is 147 cm³/mol. The number of aromatic hydroxyl groups is 1. The minimum Gasteiger partial charge on any atom is -0.502 e. The van der Waals surface area contributed by atoms with Gasteiger partial charge in [-0.1, -0.05) is 69.7 Å². The smallest absolute Gasteiger partial charge is 0.338 e. The molecule has 0 aliphatic carbocycles. The monoisotopic (exact) mass is 593 g/mol. The van der Waals surface area contributed by atoms with Crippen LogP contribution in [0.15, 0.2) is 80.1 Å². The lowest BCUT2D eigenvalue weighted by Crippen LogP contribution is -2.40. The first-order valence-corrected chi connectivity index (χ1v) is 13.2. The van der Waals surface area contributed by atoms with Crippen molar-refractivity contribution in [1.29, 1.82) is 0 Å². The average Bonchev–Trinajstić information content (AvgIpc) is 3.19. The molecule has 0 fully saturated rings. The van der Waals surface area contributed by atoms with E-state index in [1.807, 2.05) is 42.5 Å². The van der Waals surface area contributed by atoms with Gasteiger partial charge in [-0.15, -0.1) is 0 Å². The van der Waals surface area contributed by atoms with Gasteiger partial charge in [-0.3, -0.25) is 19.5 Å². The van der Waals surface area contributed by atoms with Gasteiger partial charge in [0.25, 0.3) is 5.56 Å². The van der Waals surface area contributed by atoms with E-state index in [1.165, 1.54) is 22.8 Å². The summed E-state index contributed by atoms with van der Waals surface area (Å²) in [7, 11) is 0. The third-order valence-corrected chi connectivity index (χ3v) is 7.64. The number of carbonyl (C=O) groups excluding carboxylic acids is 1. The van der Waals surface area contributed by atoms with Crippen molar-refractivity contribution >= 4 is 55.8 Å². The summed E-state index contributed by atoms with van der Waals surface area (Å²) in [6.07, 6.45) is 1.39. The van der Waals surface area contributed by atoms with E-state index in [-0.39, 0.29) is 22.3 Å². The molecule has 1 aromatic heterocycles. The summed E-state index contributed by atoms with van der Waals surface area (Å²) < 4.78 is 7.36. The number of aromatic nitrogens is 1. The highest BCUT2D eigenvalue weighted by Crippen LogP contribution is 2.36. The lowest BCUT2D eigenvalue weighted by Gasteiger charge is -2.25. The summed E-state index contributed by atoms with van der Waals surface area (Å²) in [5, 5.41) is 23.7. The van der Waals surface area contributed by atoms with Crippen molar-refractivity contribution in [3.8, 4) is 5.75 Å². The quantitative estimate of drug-likeness (QED) is 0.209. The maximum Gasteiger partial charge on any atom is 0.338 e. The Kier molecular flexibility index (Phi) is 6.72. The molecule has 1 N–H and O–H groups in total. The summed E-state index contributed by atoms with van der Waals surface area (Å²) in [4.78, 5) is 42.6. The Morgan fingerprint density at radius 2 is 2.00 bits per heavy atom. The zero-order valence-corrected chi connectivity index (χ0v) is 22.6. The Hall–Kier alpha value is -4.09. The molecule has 192 valence electrons. The highest BCUT2D eigenvalue weighted by molar-refractivity contribution is 9.10. The fourth-order valence-corrected chi connectivity index (χ4v) is 6.07. The number of rotatable bonds is 5. The number of phenolic OH excluding ortho intramolecular Hbond substituents is 1. The van der Waals surface area contributed by atoms with Gasteiger partial charge in [-0.25, -0.2) is 9.79 Å². The lowest BCUT2D eigenvalue weighted by atomic mass is 9.91. The first kappa shape index (κ1) is 25.6. The predicted octanol–water partition coefficient (Wildman–Crippen LogP) is 4.33. The van der Waals surface area contributed by atoms with Crippen LogP contribution in [0.3, 0.4) is 0 Å². The van der Waals surface area contributed by atoms with E-state index in [9.17, 15) is 24.8 Å². The van der Waals surface area contributed by atoms with Gasteiger partial charge in [0.2, 0.25) is 5.75 Å². The van der Waals surface area contributed by atoms with Crippen LogP contribution in [-0.2, 0) is 9.53 Å². The number of ether oxygens (including phenoxy) is 1. The van der Waals surface area contributed by atoms with Gasteiger partial charge in [0.1, 0.15) is 0 Å². The Labute approximate surface area is 227 Å². The molecule has 0 bridgehead atoms. The topological polar surface area (TPSA) is 124 Å². The maximum atomic E-state index is 13.9. The number of nitrogens with zero attached hydrogens (tertiary/aromatic N) is 3. The molecule has 1 aliphatic heterocycles. The van der Waals surface area contributed by atoms with Crippen molar-refractivity contribution in [3.63, 3.8) is 0 Å². The summed E-state index contributed by atoms with van der Waals surface area (Å²) in [5.41, 5.74) is 0.558. The van der Waals surface area contributed by atoms with Crippen molar-refractivity contribution < 1.29 is 19.6 Å². The first-order chi connectivity index (χ1) is 18.2. The van der Waals surface area contributed by atoms with Gasteiger partial charge in [-0.05, 0) is 42.3 Å². The zero-order chi connectivity index (χ0) is 27.1. The van der Waals surface area contributed by atoms with Gasteiger partial charge in [0, 0.05) is 16.1 Å². The Morgan fingerprint density at radius 1 is 1.26 bits per heavy atom. The van der Waals surface area contributed by atoms with E-state index in [0.717, 1.165) is 27.7 Å². The maximum absolute atomic E-state index is 13.9. The molecule has 3 aromatic carbocycles. The minimum absolute atomic E-state index is 0.0966. The van der Waals surface area contributed by atoms with Crippen LogP contribution in [0.4, 0.5) is 5.69 Å². The second-order valence-electron chi connectivity index (χ2n) is 8.49. The van der Waals surface area contributed by atoms with Crippen molar-refractivity contribution in [2.24, 2.45) is 4.99 Å². The van der Waals surface area contributed by atoms with Crippen molar-refractivity contribution in [3.05, 3.63) is 111 Å². The number of fused-ring (bicyclic) bond motifs is 2. The molecule has 38 heavy (non-hydrogen) atoms. The second-order valence-corrected chi connectivity index (χ2v) is 10.4. The van der Waals surface area contributed by atoms with Gasteiger partial charge >= 0.3 is 11.7 Å². The van der Waals surface area contributed by atoms with Crippen LogP contribution in [0.5, 0.6) is 5.75 Å². The van der Waals surface area contributed by atoms with Gasteiger partial charge in [0.05, 0.1) is 33.4 Å². The van der Waals surface area contributed by atoms with E-state index < -0.39 is 33.9 Å². The van der Waals surface area contributed by atoms with E-state index in [2.05, 4.69) is 20.9 Å². The van der Waals surface area contributed by atoms with Crippen molar-refractivity contribution in [2.75, 3.05) is 6.61 Å². The van der Waals surface area contributed by atoms with Gasteiger partial charge in [-0.2, -0.15) is 0 Å². The molecular formula is C27H20BrN3O6S. The van der Waals surface area contributed by atoms with Crippen LogP contribution in [0.1, 0.15) is 31.0 Å². The van der Waals surface area contributed by atoms with E-state index >= 15 is 0 Å². The number of phenols is 1. The molecule has 1 unspecified atom stereocenters. The lowest BCUT2D eigenvalue weighted by molar-refractivity contribution is -0.385. The second kappa shape index (κ2) is 9.99. The zero-order valence-electron chi connectivity index (χ0n) is 20.2. The van der Waals surface area contributed by atoms with Crippen LogP contribution >= 0.6 is 27.3 Å². The summed E-state index contributed by atoms with van der Waals surface area (Å²) in [6, 6.07) is 15.2. The number of nitro benzene ring substituents is 1. The molecule has 5 rings (SSSR count). The summed E-state index contributed by atoms with van der Waals surface area (Å²) >= 11 is 4.29. The SMILES string of the molecule is CCOC(=O)C1=C(C)N=c2sc(=Cc3cc(Br)cc([N+](=O)[O-])c3O)c(=O)n2C1c1cccc2ccccc12. The average molecular weight is 594 g/mol. The summed E-state index contributed by atoms with van der Waals surface area (Å²) in [6.45, 7) is 3.56. The molecule has 0 amide bonds. The molecule has 0 saturated heterocycles. The summed E-state index contributed by atoms with van der Waals surface area (Å²) in [5.74, 6) is -1.13. The molecule has 0 radical (unpaired) electrons. The third kappa shape index (κ3) is 4.33. The molecule has 4 aromatic rings. The molecular weight excluding hydrogens is 574 g/mol. The van der Waals surface area contributed by atoms with Crippen LogP contribution in [-0.4, -0.2) is 27.2 Å². The highest BCUT2D eigenvalue weighted by Gasteiger charge is 2.34. The van der Waals surface area contributed by atoms with Crippen molar-refractivity contribution in [2.45, 2.75) is 19.9 Å². The van der Waals surface area contributed by atoms with E-state index in [1.54, 1.807) is 13.8 Å². The molecule has 2 heterocycles. The Balaban J connectivity index is 1.81. The number of thiazole rings is 1. The van der Waals surface area contributed by atoms with Crippen LogP contribution in [0, 0.1) is 10.1 Å². The number of hydrogen-bond donors (Lipinski definition) is 1. The number of nitro groups is 1. The fourth-order valence-electron chi connectivity index (χ4n) is 4.57. The van der Waals surface area contributed by atoms with E-state index in [0.29, 0.717) is 15.0 Å². The van der Waals surface area contributed by atoms with Crippen LogP contribution in [0.25, 0.3) is 16.8 Å². The van der Waals surface area contributed by atoms with Gasteiger partial charge in [0.15, 0.2) is 4.80 Å².